The van der Waals surface area contributed by atoms with Crippen molar-refractivity contribution in [2.75, 3.05) is 33.4 Å². The summed E-state index contributed by atoms with van der Waals surface area (Å²) in [5, 5.41) is 0. The number of nitrogens with zero attached hydrogens (tertiary/aromatic N) is 2. The fourth-order valence-electron chi connectivity index (χ4n) is 5.46. The summed E-state index contributed by atoms with van der Waals surface area (Å²) in [6, 6.07) is 29.0. The SMILES string of the molecule is CCOC(=O)c1cn2c(c(OCc3ccccc3)c1=O)C(=O)N(CCOC)CC2C(c1ccccc1)c1ccccc1. The summed E-state index contributed by atoms with van der Waals surface area (Å²) in [6.45, 7) is 2.81. The van der Waals surface area contributed by atoms with Crippen molar-refractivity contribution in [1.29, 1.82) is 0 Å². The quantitative estimate of drug-likeness (QED) is 0.236. The highest BCUT2D eigenvalue weighted by molar-refractivity contribution is 5.98. The Labute approximate surface area is 245 Å². The van der Waals surface area contributed by atoms with Gasteiger partial charge in [-0.1, -0.05) is 91.0 Å². The molecular formula is C34H34N2O6. The first-order chi connectivity index (χ1) is 20.5. The maximum absolute atomic E-state index is 14.1. The number of pyridine rings is 1. The number of carbonyl (C=O) groups is 2. The van der Waals surface area contributed by atoms with Gasteiger partial charge in [-0.2, -0.15) is 0 Å². The number of esters is 1. The van der Waals surface area contributed by atoms with E-state index in [1.165, 1.54) is 6.20 Å². The van der Waals surface area contributed by atoms with Gasteiger partial charge < -0.3 is 23.7 Å². The second-order valence-electron chi connectivity index (χ2n) is 10.1. The lowest BCUT2D eigenvalue weighted by molar-refractivity contribution is 0.0511. The lowest BCUT2D eigenvalue weighted by Crippen LogP contribution is -2.48. The zero-order valence-electron chi connectivity index (χ0n) is 23.8. The first kappa shape index (κ1) is 28.8. The Hall–Kier alpha value is -4.69. The lowest BCUT2D eigenvalue weighted by atomic mass is 9.83. The number of benzene rings is 3. The van der Waals surface area contributed by atoms with Crippen LogP contribution in [0.2, 0.25) is 0 Å². The zero-order valence-corrected chi connectivity index (χ0v) is 23.8. The highest BCUT2D eigenvalue weighted by Crippen LogP contribution is 2.40. The molecule has 0 spiro atoms. The number of hydrogen-bond donors (Lipinski definition) is 0. The molecule has 1 atom stereocenters. The van der Waals surface area contributed by atoms with Crippen molar-refractivity contribution in [2.24, 2.45) is 0 Å². The third kappa shape index (κ3) is 5.99. The van der Waals surface area contributed by atoms with E-state index in [1.807, 2.05) is 66.7 Å². The lowest BCUT2D eigenvalue weighted by Gasteiger charge is -2.41. The van der Waals surface area contributed by atoms with Crippen LogP contribution in [0.5, 0.6) is 5.75 Å². The number of fused-ring (bicyclic) bond motifs is 1. The van der Waals surface area contributed by atoms with Crippen LogP contribution in [0.25, 0.3) is 0 Å². The molecule has 216 valence electrons. The molecule has 0 radical (unpaired) electrons. The van der Waals surface area contributed by atoms with Crippen molar-refractivity contribution in [1.82, 2.24) is 9.47 Å². The smallest absolute Gasteiger partial charge is 0.343 e. The Morgan fingerprint density at radius 2 is 1.50 bits per heavy atom. The van der Waals surface area contributed by atoms with Crippen molar-refractivity contribution in [3.63, 3.8) is 0 Å². The Morgan fingerprint density at radius 3 is 2.07 bits per heavy atom. The average molecular weight is 567 g/mol. The molecule has 8 heteroatoms. The van der Waals surface area contributed by atoms with Crippen molar-refractivity contribution in [2.45, 2.75) is 25.5 Å². The summed E-state index contributed by atoms with van der Waals surface area (Å²) in [6.07, 6.45) is 1.47. The molecule has 1 aliphatic rings. The minimum absolute atomic E-state index is 0.0478. The largest absolute Gasteiger partial charge is 0.483 e. The van der Waals surface area contributed by atoms with Gasteiger partial charge in [0, 0.05) is 32.3 Å². The standard InChI is InChI=1S/C34H34N2O6/c1-3-41-34(39)27-21-36-28(29(25-15-9-5-10-16-25)26-17-11-6-12-18-26)22-35(19-20-40-2)33(38)30(36)32(31(27)37)42-23-24-13-7-4-8-14-24/h4-18,21,28-29H,3,19-20,22-23H2,1-2H3. The van der Waals surface area contributed by atoms with E-state index >= 15 is 0 Å². The van der Waals surface area contributed by atoms with Crippen molar-refractivity contribution >= 4 is 11.9 Å². The number of hydrogen-bond acceptors (Lipinski definition) is 6. The van der Waals surface area contributed by atoms with Crippen LogP contribution in [-0.4, -0.2) is 54.8 Å². The summed E-state index contributed by atoms with van der Waals surface area (Å²) in [7, 11) is 1.58. The van der Waals surface area contributed by atoms with Crippen LogP contribution in [0.3, 0.4) is 0 Å². The molecule has 1 aliphatic heterocycles. The molecule has 0 aliphatic carbocycles. The van der Waals surface area contributed by atoms with Gasteiger partial charge in [-0.3, -0.25) is 9.59 Å². The van der Waals surface area contributed by atoms with E-state index in [0.717, 1.165) is 16.7 Å². The molecule has 3 aromatic carbocycles. The van der Waals surface area contributed by atoms with E-state index in [1.54, 1.807) is 23.5 Å². The number of carbonyl (C=O) groups excluding carboxylic acids is 2. The Balaban J connectivity index is 1.74. The Kier molecular flexibility index (Phi) is 9.14. The Morgan fingerprint density at radius 1 is 0.905 bits per heavy atom. The summed E-state index contributed by atoms with van der Waals surface area (Å²) in [4.78, 5) is 42.7. The molecule has 42 heavy (non-hydrogen) atoms. The summed E-state index contributed by atoms with van der Waals surface area (Å²) in [5.74, 6) is -1.50. The first-order valence-electron chi connectivity index (χ1n) is 14.0. The summed E-state index contributed by atoms with van der Waals surface area (Å²) in [5.41, 5.74) is 2.14. The molecule has 0 fully saturated rings. The van der Waals surface area contributed by atoms with Crippen molar-refractivity contribution in [3.8, 4) is 5.75 Å². The van der Waals surface area contributed by atoms with Crippen LogP contribution in [-0.2, 0) is 16.1 Å². The number of methoxy groups -OCH3 is 1. The number of ether oxygens (including phenoxy) is 3. The van der Waals surface area contributed by atoms with Gasteiger partial charge in [-0.15, -0.1) is 0 Å². The fraction of sp³-hybridized carbons (Fsp3) is 0.265. The van der Waals surface area contributed by atoms with Crippen molar-refractivity contribution < 1.29 is 23.8 Å². The molecule has 1 amide bonds. The van der Waals surface area contributed by atoms with Crippen LogP contribution in [0.4, 0.5) is 0 Å². The molecule has 0 N–H and O–H groups in total. The van der Waals surface area contributed by atoms with Gasteiger partial charge in [0.15, 0.2) is 11.4 Å². The molecule has 0 saturated heterocycles. The van der Waals surface area contributed by atoms with Crippen LogP contribution in [0, 0.1) is 0 Å². The van der Waals surface area contributed by atoms with Gasteiger partial charge in [0.25, 0.3) is 5.91 Å². The zero-order chi connectivity index (χ0) is 29.5. The fourth-order valence-corrected chi connectivity index (χ4v) is 5.46. The van der Waals surface area contributed by atoms with Crippen LogP contribution < -0.4 is 10.2 Å². The van der Waals surface area contributed by atoms with Crippen LogP contribution >= 0.6 is 0 Å². The van der Waals surface area contributed by atoms with E-state index < -0.39 is 11.4 Å². The van der Waals surface area contributed by atoms with E-state index in [-0.39, 0.29) is 48.1 Å². The first-order valence-corrected chi connectivity index (χ1v) is 14.0. The predicted molar refractivity (Wildman–Crippen MR) is 159 cm³/mol. The second-order valence-corrected chi connectivity index (χ2v) is 10.1. The minimum Gasteiger partial charge on any atom is -0.483 e. The molecule has 5 rings (SSSR count). The van der Waals surface area contributed by atoms with Crippen LogP contribution in [0.1, 0.15) is 56.4 Å². The average Bonchev–Trinajstić information content (AvgIpc) is 3.02. The molecule has 2 heterocycles. The van der Waals surface area contributed by atoms with Crippen LogP contribution in [0.15, 0.2) is 102 Å². The van der Waals surface area contributed by atoms with E-state index in [4.69, 9.17) is 14.2 Å². The summed E-state index contributed by atoms with van der Waals surface area (Å²) < 4.78 is 18.5. The second kappa shape index (κ2) is 13.3. The van der Waals surface area contributed by atoms with Gasteiger partial charge in [-0.05, 0) is 23.6 Å². The third-order valence-corrected chi connectivity index (χ3v) is 7.44. The maximum atomic E-state index is 14.1. The van der Waals surface area contributed by atoms with Crippen molar-refractivity contribution in [3.05, 3.63) is 135 Å². The molecular weight excluding hydrogens is 532 g/mol. The number of aromatic nitrogens is 1. The molecule has 8 nitrogen and oxygen atoms in total. The third-order valence-electron chi connectivity index (χ3n) is 7.44. The molecule has 4 aromatic rings. The van der Waals surface area contributed by atoms with Gasteiger partial charge >= 0.3 is 5.97 Å². The van der Waals surface area contributed by atoms with Gasteiger partial charge in [0.1, 0.15) is 12.2 Å². The molecule has 1 aromatic heterocycles. The highest BCUT2D eigenvalue weighted by Gasteiger charge is 2.40. The Bertz CT molecular complexity index is 1530. The molecule has 0 saturated carbocycles. The topological polar surface area (TPSA) is 87.1 Å². The number of amides is 1. The van der Waals surface area contributed by atoms with Gasteiger partial charge in [-0.25, -0.2) is 4.79 Å². The maximum Gasteiger partial charge on any atom is 0.343 e. The summed E-state index contributed by atoms with van der Waals surface area (Å²) >= 11 is 0. The molecule has 1 unspecified atom stereocenters. The predicted octanol–water partition coefficient (Wildman–Crippen LogP) is 5.08. The van der Waals surface area contributed by atoms with Gasteiger partial charge in [0.2, 0.25) is 5.43 Å². The highest BCUT2D eigenvalue weighted by atomic mass is 16.5. The van der Waals surface area contributed by atoms with Gasteiger partial charge in [0.05, 0.1) is 19.3 Å². The van der Waals surface area contributed by atoms with E-state index in [9.17, 15) is 14.4 Å². The normalized spacial score (nSPS) is 14.5. The molecule has 0 bridgehead atoms. The van der Waals surface area contributed by atoms with E-state index in [2.05, 4.69) is 24.3 Å². The minimum atomic E-state index is -0.758. The number of rotatable bonds is 11. The van der Waals surface area contributed by atoms with E-state index in [0.29, 0.717) is 19.7 Å². The monoisotopic (exact) mass is 566 g/mol.